The van der Waals surface area contributed by atoms with Gasteiger partial charge in [-0.3, -0.25) is 0 Å². The predicted molar refractivity (Wildman–Crippen MR) is 75.2 cm³/mol. The highest BCUT2D eigenvalue weighted by Crippen LogP contribution is 2.28. The lowest BCUT2D eigenvalue weighted by atomic mass is 10.1. The van der Waals surface area contributed by atoms with Gasteiger partial charge in [0.2, 0.25) is 5.95 Å². The molecule has 1 saturated heterocycles. The number of anilines is 1. The number of benzene rings is 1. The van der Waals surface area contributed by atoms with E-state index in [0.717, 1.165) is 29.8 Å². The maximum absolute atomic E-state index is 6.07. The summed E-state index contributed by atoms with van der Waals surface area (Å²) in [7, 11) is 0. The molecule has 2 aromatic rings. The highest BCUT2D eigenvalue weighted by molar-refractivity contribution is 6.18. The van der Waals surface area contributed by atoms with Crippen LogP contribution >= 0.6 is 11.6 Å². The van der Waals surface area contributed by atoms with E-state index in [1.54, 1.807) is 0 Å². The number of hydrogen-bond acceptors (Lipinski definition) is 3. The fourth-order valence-corrected chi connectivity index (χ4v) is 3.06. The van der Waals surface area contributed by atoms with E-state index in [1.807, 2.05) is 30.5 Å². The third-order valence-corrected chi connectivity index (χ3v) is 4.09. The Hall–Kier alpha value is -1.35. The largest absolute Gasteiger partial charge is 0.336 e. The maximum atomic E-state index is 6.07. The molecule has 1 aliphatic heterocycles. The topological polar surface area (TPSA) is 29.0 Å². The van der Waals surface area contributed by atoms with E-state index in [0.29, 0.717) is 17.8 Å². The molecule has 0 bridgehead atoms. The number of alkyl halides is 1. The second-order valence-electron chi connectivity index (χ2n) is 4.91. The van der Waals surface area contributed by atoms with Gasteiger partial charge in [-0.2, -0.15) is 0 Å². The zero-order valence-electron chi connectivity index (χ0n) is 10.4. The molecular formula is C14H16ClN3. The van der Waals surface area contributed by atoms with E-state index in [-0.39, 0.29) is 0 Å². The van der Waals surface area contributed by atoms with Gasteiger partial charge >= 0.3 is 0 Å². The Morgan fingerprint density at radius 3 is 3.06 bits per heavy atom. The molecule has 0 N–H and O–H groups in total. The summed E-state index contributed by atoms with van der Waals surface area (Å²) in [6.45, 7) is 3.24. The number of para-hydroxylation sites is 1. The van der Waals surface area contributed by atoms with E-state index >= 15 is 0 Å². The highest BCUT2D eigenvalue weighted by atomic mass is 35.5. The summed E-state index contributed by atoms with van der Waals surface area (Å²) in [6.07, 6.45) is 3.06. The molecule has 4 heteroatoms. The van der Waals surface area contributed by atoms with Gasteiger partial charge in [0.15, 0.2) is 0 Å². The van der Waals surface area contributed by atoms with Crippen molar-refractivity contribution in [2.24, 2.45) is 5.92 Å². The average molecular weight is 262 g/mol. The van der Waals surface area contributed by atoms with Gasteiger partial charge in [-0.25, -0.2) is 9.97 Å². The molecule has 0 aliphatic carbocycles. The minimum absolute atomic E-state index is 0.354. The van der Waals surface area contributed by atoms with Crippen molar-refractivity contribution in [3.63, 3.8) is 0 Å². The summed E-state index contributed by atoms with van der Waals surface area (Å²) in [5.41, 5.74) is 0.996. The summed E-state index contributed by atoms with van der Waals surface area (Å²) in [5, 5.41) is 1.08. The van der Waals surface area contributed by atoms with E-state index in [2.05, 4.69) is 21.8 Å². The number of fused-ring (bicyclic) bond motifs is 1. The summed E-state index contributed by atoms with van der Waals surface area (Å²) < 4.78 is 0. The van der Waals surface area contributed by atoms with Crippen LogP contribution in [-0.2, 0) is 0 Å². The molecule has 0 amide bonds. The lowest BCUT2D eigenvalue weighted by Gasteiger charge is -2.25. The van der Waals surface area contributed by atoms with Crippen molar-refractivity contribution >= 4 is 28.5 Å². The Bertz CT molecular complexity index is 557. The van der Waals surface area contributed by atoms with Crippen LogP contribution in [-0.4, -0.2) is 28.4 Å². The number of rotatable bonds is 2. The van der Waals surface area contributed by atoms with Crippen LogP contribution in [0.1, 0.15) is 13.3 Å². The number of halogens is 1. The Kier molecular flexibility index (Phi) is 3.08. The monoisotopic (exact) mass is 261 g/mol. The molecule has 1 aromatic heterocycles. The van der Waals surface area contributed by atoms with E-state index in [4.69, 9.17) is 11.6 Å². The highest BCUT2D eigenvalue weighted by Gasteiger charge is 2.32. The molecule has 1 fully saturated rings. The average Bonchev–Trinajstić information content (AvgIpc) is 2.79. The van der Waals surface area contributed by atoms with Crippen molar-refractivity contribution in [1.29, 1.82) is 0 Å². The van der Waals surface area contributed by atoms with Crippen LogP contribution in [0.3, 0.4) is 0 Å². The maximum Gasteiger partial charge on any atom is 0.226 e. The minimum atomic E-state index is 0.354. The van der Waals surface area contributed by atoms with Gasteiger partial charge in [0.1, 0.15) is 0 Å². The zero-order valence-corrected chi connectivity index (χ0v) is 11.1. The molecule has 1 aliphatic rings. The first-order valence-corrected chi connectivity index (χ1v) is 6.87. The molecule has 2 unspecified atom stereocenters. The van der Waals surface area contributed by atoms with Gasteiger partial charge in [0.25, 0.3) is 0 Å². The van der Waals surface area contributed by atoms with Crippen LogP contribution in [0.15, 0.2) is 30.5 Å². The van der Waals surface area contributed by atoms with Crippen LogP contribution in [0.2, 0.25) is 0 Å². The molecule has 0 radical (unpaired) electrons. The molecule has 2 heterocycles. The van der Waals surface area contributed by atoms with Gasteiger partial charge < -0.3 is 4.90 Å². The van der Waals surface area contributed by atoms with Crippen LogP contribution in [0.25, 0.3) is 10.9 Å². The van der Waals surface area contributed by atoms with Crippen molar-refractivity contribution in [3.05, 3.63) is 30.5 Å². The van der Waals surface area contributed by atoms with Crippen LogP contribution in [0.5, 0.6) is 0 Å². The van der Waals surface area contributed by atoms with Crippen molar-refractivity contribution in [2.45, 2.75) is 19.4 Å². The summed E-state index contributed by atoms with van der Waals surface area (Å²) >= 11 is 6.07. The molecule has 2 atom stereocenters. The van der Waals surface area contributed by atoms with Gasteiger partial charge in [0.05, 0.1) is 5.52 Å². The smallest absolute Gasteiger partial charge is 0.226 e. The second kappa shape index (κ2) is 4.73. The summed E-state index contributed by atoms with van der Waals surface area (Å²) in [6, 6.07) is 8.42. The molecular weight excluding hydrogens is 246 g/mol. The Balaban J connectivity index is 1.99. The Morgan fingerprint density at radius 2 is 2.22 bits per heavy atom. The van der Waals surface area contributed by atoms with E-state index in [9.17, 15) is 0 Å². The predicted octanol–water partition coefficient (Wildman–Crippen LogP) is 3.08. The number of hydrogen-bond donors (Lipinski definition) is 0. The van der Waals surface area contributed by atoms with Gasteiger partial charge in [-0.1, -0.05) is 25.1 Å². The molecule has 3 rings (SSSR count). The van der Waals surface area contributed by atoms with Gasteiger partial charge in [0, 0.05) is 30.0 Å². The molecule has 94 valence electrons. The van der Waals surface area contributed by atoms with Crippen molar-refractivity contribution in [2.75, 3.05) is 17.3 Å². The third-order valence-electron chi connectivity index (χ3n) is 3.77. The third kappa shape index (κ3) is 1.93. The first-order chi connectivity index (χ1) is 8.79. The Labute approximate surface area is 112 Å². The fraction of sp³-hybridized carbons (Fsp3) is 0.429. The lowest BCUT2D eigenvalue weighted by Crippen LogP contribution is -2.34. The van der Waals surface area contributed by atoms with E-state index < -0.39 is 0 Å². The molecule has 18 heavy (non-hydrogen) atoms. The van der Waals surface area contributed by atoms with Gasteiger partial charge in [-0.15, -0.1) is 11.6 Å². The standard InChI is InChI=1S/C14H16ClN3/c1-10-6-7-18(13(10)8-15)14-16-9-11-4-2-3-5-12(11)17-14/h2-5,9-10,13H,6-8H2,1H3. The second-order valence-corrected chi connectivity index (χ2v) is 5.22. The quantitative estimate of drug-likeness (QED) is 0.778. The molecule has 3 nitrogen and oxygen atoms in total. The normalized spacial score (nSPS) is 23.8. The van der Waals surface area contributed by atoms with Crippen molar-refractivity contribution in [3.8, 4) is 0 Å². The zero-order chi connectivity index (χ0) is 12.5. The van der Waals surface area contributed by atoms with Crippen LogP contribution in [0, 0.1) is 5.92 Å². The van der Waals surface area contributed by atoms with E-state index in [1.165, 1.54) is 0 Å². The Morgan fingerprint density at radius 1 is 1.39 bits per heavy atom. The van der Waals surface area contributed by atoms with Gasteiger partial charge in [-0.05, 0) is 18.4 Å². The van der Waals surface area contributed by atoms with Crippen molar-refractivity contribution in [1.82, 2.24) is 9.97 Å². The lowest BCUT2D eigenvalue weighted by molar-refractivity contribution is 0.547. The van der Waals surface area contributed by atoms with Crippen LogP contribution in [0.4, 0.5) is 5.95 Å². The SMILES string of the molecule is CC1CCN(c2ncc3ccccc3n2)C1CCl. The number of aromatic nitrogens is 2. The van der Waals surface area contributed by atoms with Crippen molar-refractivity contribution < 1.29 is 0 Å². The van der Waals surface area contributed by atoms with Crippen LogP contribution < -0.4 is 4.90 Å². The molecule has 1 aromatic carbocycles. The first kappa shape index (κ1) is 11.7. The number of nitrogens with zero attached hydrogens (tertiary/aromatic N) is 3. The first-order valence-electron chi connectivity index (χ1n) is 6.34. The molecule has 0 spiro atoms. The fourth-order valence-electron chi connectivity index (χ4n) is 2.59. The summed E-state index contributed by atoms with van der Waals surface area (Å²) in [4.78, 5) is 11.4. The summed E-state index contributed by atoms with van der Waals surface area (Å²) in [5.74, 6) is 2.05. The minimum Gasteiger partial charge on any atom is -0.336 e. The molecule has 0 saturated carbocycles.